The molecular weight excluding hydrogens is 360 g/mol. The van der Waals surface area contributed by atoms with E-state index in [1.54, 1.807) is 4.68 Å². The predicted octanol–water partition coefficient (Wildman–Crippen LogP) is 1.31. The molecule has 1 aliphatic rings. The number of aromatic nitrogens is 4. The quantitative estimate of drug-likeness (QED) is 0.689. The summed E-state index contributed by atoms with van der Waals surface area (Å²) in [6.07, 6.45) is 0. The number of benzene rings is 2. The van der Waals surface area contributed by atoms with E-state index in [0.717, 1.165) is 11.3 Å². The van der Waals surface area contributed by atoms with Gasteiger partial charge in [0.1, 0.15) is 6.04 Å². The van der Waals surface area contributed by atoms with E-state index >= 15 is 0 Å². The third-order valence-electron chi connectivity index (χ3n) is 4.43. The number of ether oxygens (including phenoxy) is 2. The van der Waals surface area contributed by atoms with Gasteiger partial charge in [-0.05, 0) is 54.4 Å². The van der Waals surface area contributed by atoms with Crippen LogP contribution in [-0.4, -0.2) is 51.9 Å². The van der Waals surface area contributed by atoms with E-state index in [-0.39, 0.29) is 19.2 Å². The highest BCUT2D eigenvalue weighted by atomic mass is 16.7. The number of likely N-dealkylation sites (N-methyl/N-ethyl adjacent to an activating group) is 1. The fourth-order valence-electron chi connectivity index (χ4n) is 3.12. The molecule has 144 valence electrons. The fourth-order valence-corrected chi connectivity index (χ4v) is 3.12. The molecule has 2 aromatic carbocycles. The molecule has 1 aliphatic heterocycles. The highest BCUT2D eigenvalue weighted by Crippen LogP contribution is 2.35. The standard InChI is InChI=1S/C19H20N6O3/c1-24(2)18(13-8-9-15-16(10-13)28-12-27-15)19(26)20-11-17-21-22-23-25(17)14-6-4-3-5-7-14/h3-10,18H,11-12H2,1-2H3,(H,20,26)/t18-/m1/s1. The van der Waals surface area contributed by atoms with Gasteiger partial charge in [0.25, 0.3) is 0 Å². The maximum Gasteiger partial charge on any atom is 0.242 e. The molecule has 0 radical (unpaired) electrons. The van der Waals surface area contributed by atoms with Crippen molar-refractivity contribution in [3.63, 3.8) is 0 Å². The van der Waals surface area contributed by atoms with Crippen LogP contribution in [0.4, 0.5) is 0 Å². The van der Waals surface area contributed by atoms with Gasteiger partial charge in [0.2, 0.25) is 12.7 Å². The number of para-hydroxylation sites is 1. The predicted molar refractivity (Wildman–Crippen MR) is 100.0 cm³/mol. The number of rotatable bonds is 6. The Morgan fingerprint density at radius 1 is 1.18 bits per heavy atom. The van der Waals surface area contributed by atoms with E-state index in [1.165, 1.54) is 0 Å². The molecule has 0 aliphatic carbocycles. The molecule has 9 nitrogen and oxygen atoms in total. The Bertz CT molecular complexity index is 973. The number of amides is 1. The number of hydrogen-bond acceptors (Lipinski definition) is 7. The highest BCUT2D eigenvalue weighted by molar-refractivity contribution is 5.83. The molecule has 0 saturated heterocycles. The maximum absolute atomic E-state index is 12.9. The van der Waals surface area contributed by atoms with Crippen LogP contribution in [0.25, 0.3) is 5.69 Å². The van der Waals surface area contributed by atoms with E-state index in [0.29, 0.717) is 17.3 Å². The van der Waals surface area contributed by atoms with Crippen molar-refractivity contribution in [1.82, 2.24) is 30.4 Å². The molecule has 4 rings (SSSR count). The third kappa shape index (κ3) is 3.52. The topological polar surface area (TPSA) is 94.4 Å². The van der Waals surface area contributed by atoms with E-state index in [4.69, 9.17) is 9.47 Å². The lowest BCUT2D eigenvalue weighted by atomic mass is 10.0. The number of tetrazole rings is 1. The van der Waals surface area contributed by atoms with Crippen LogP contribution in [-0.2, 0) is 11.3 Å². The van der Waals surface area contributed by atoms with Crippen LogP contribution in [0.3, 0.4) is 0 Å². The zero-order valence-corrected chi connectivity index (χ0v) is 15.6. The SMILES string of the molecule is CN(C)[C@@H](C(=O)NCc1nnnn1-c1ccccc1)c1ccc2c(c1)OCO2. The molecule has 1 atom stereocenters. The van der Waals surface area contributed by atoms with Crippen molar-refractivity contribution in [1.29, 1.82) is 0 Å². The second-order valence-corrected chi connectivity index (χ2v) is 6.54. The first-order chi connectivity index (χ1) is 13.6. The van der Waals surface area contributed by atoms with Gasteiger partial charge in [-0.25, -0.2) is 0 Å². The van der Waals surface area contributed by atoms with Crippen LogP contribution in [0.15, 0.2) is 48.5 Å². The van der Waals surface area contributed by atoms with E-state index in [2.05, 4.69) is 20.8 Å². The summed E-state index contributed by atoms with van der Waals surface area (Å²) in [5.74, 6) is 1.71. The second kappa shape index (κ2) is 7.65. The fraction of sp³-hybridized carbons (Fsp3) is 0.263. The first kappa shape index (κ1) is 17.9. The molecule has 0 unspecified atom stereocenters. The van der Waals surface area contributed by atoms with Crippen molar-refractivity contribution >= 4 is 5.91 Å². The lowest BCUT2D eigenvalue weighted by Crippen LogP contribution is -2.37. The lowest BCUT2D eigenvalue weighted by molar-refractivity contribution is -0.126. The van der Waals surface area contributed by atoms with Gasteiger partial charge in [0.05, 0.1) is 12.2 Å². The highest BCUT2D eigenvalue weighted by Gasteiger charge is 2.26. The van der Waals surface area contributed by atoms with Gasteiger partial charge >= 0.3 is 0 Å². The second-order valence-electron chi connectivity index (χ2n) is 6.54. The molecular formula is C19H20N6O3. The van der Waals surface area contributed by atoms with Gasteiger partial charge < -0.3 is 14.8 Å². The summed E-state index contributed by atoms with van der Waals surface area (Å²) in [5.41, 5.74) is 1.64. The Labute approximate surface area is 161 Å². The molecule has 28 heavy (non-hydrogen) atoms. The normalized spacial score (nSPS) is 13.5. The Morgan fingerprint density at radius 3 is 2.75 bits per heavy atom. The van der Waals surface area contributed by atoms with Crippen molar-refractivity contribution in [2.45, 2.75) is 12.6 Å². The zero-order chi connectivity index (χ0) is 19.5. The first-order valence-electron chi connectivity index (χ1n) is 8.80. The van der Waals surface area contributed by atoms with Crippen molar-refractivity contribution in [3.05, 3.63) is 59.9 Å². The molecule has 0 bridgehead atoms. The number of fused-ring (bicyclic) bond motifs is 1. The molecule has 0 spiro atoms. The summed E-state index contributed by atoms with van der Waals surface area (Å²) in [6.45, 7) is 0.398. The molecule has 1 amide bonds. The zero-order valence-electron chi connectivity index (χ0n) is 15.6. The number of nitrogens with one attached hydrogen (secondary N) is 1. The molecule has 0 saturated carbocycles. The summed E-state index contributed by atoms with van der Waals surface area (Å²) in [5, 5.41) is 14.7. The summed E-state index contributed by atoms with van der Waals surface area (Å²) in [7, 11) is 3.70. The minimum atomic E-state index is -0.490. The van der Waals surface area contributed by atoms with Crippen LogP contribution in [0.5, 0.6) is 11.5 Å². The van der Waals surface area contributed by atoms with Crippen LogP contribution in [0.2, 0.25) is 0 Å². The Hall–Kier alpha value is -3.46. The largest absolute Gasteiger partial charge is 0.454 e. The summed E-state index contributed by atoms with van der Waals surface area (Å²) in [6, 6.07) is 14.6. The lowest BCUT2D eigenvalue weighted by Gasteiger charge is -2.24. The monoisotopic (exact) mass is 380 g/mol. The van der Waals surface area contributed by atoms with Gasteiger partial charge in [0, 0.05) is 0 Å². The van der Waals surface area contributed by atoms with E-state index in [1.807, 2.05) is 67.5 Å². The Kier molecular flexibility index (Phi) is 4.90. The molecule has 0 fully saturated rings. The van der Waals surface area contributed by atoms with Crippen LogP contribution >= 0.6 is 0 Å². The Balaban J connectivity index is 1.50. The van der Waals surface area contributed by atoms with E-state index in [9.17, 15) is 4.79 Å². The van der Waals surface area contributed by atoms with Gasteiger partial charge in [-0.1, -0.05) is 24.3 Å². The average molecular weight is 380 g/mol. The summed E-state index contributed by atoms with van der Waals surface area (Å²) >= 11 is 0. The number of nitrogens with zero attached hydrogens (tertiary/aromatic N) is 5. The van der Waals surface area contributed by atoms with Crippen LogP contribution in [0, 0.1) is 0 Å². The van der Waals surface area contributed by atoms with Gasteiger partial charge in [-0.3, -0.25) is 9.69 Å². The molecule has 2 heterocycles. The van der Waals surface area contributed by atoms with Crippen molar-refractivity contribution in [2.75, 3.05) is 20.9 Å². The van der Waals surface area contributed by atoms with Gasteiger partial charge in [-0.2, -0.15) is 4.68 Å². The minimum Gasteiger partial charge on any atom is -0.454 e. The van der Waals surface area contributed by atoms with Crippen LogP contribution in [0.1, 0.15) is 17.4 Å². The first-order valence-corrected chi connectivity index (χ1v) is 8.80. The van der Waals surface area contributed by atoms with Gasteiger partial charge in [0.15, 0.2) is 17.3 Å². The summed E-state index contributed by atoms with van der Waals surface area (Å²) < 4.78 is 12.4. The number of carbonyl (C=O) groups is 1. The van der Waals surface area contributed by atoms with Crippen molar-refractivity contribution < 1.29 is 14.3 Å². The molecule has 9 heteroatoms. The molecule has 3 aromatic rings. The minimum absolute atomic E-state index is 0.161. The van der Waals surface area contributed by atoms with Crippen LogP contribution < -0.4 is 14.8 Å². The van der Waals surface area contributed by atoms with Crippen molar-refractivity contribution in [3.8, 4) is 17.2 Å². The summed E-state index contributed by atoms with van der Waals surface area (Å²) in [4.78, 5) is 14.8. The average Bonchev–Trinajstić information content (AvgIpc) is 3.35. The number of hydrogen-bond donors (Lipinski definition) is 1. The number of carbonyl (C=O) groups excluding carboxylic acids is 1. The molecule has 1 N–H and O–H groups in total. The van der Waals surface area contributed by atoms with E-state index < -0.39 is 6.04 Å². The third-order valence-corrected chi connectivity index (χ3v) is 4.43. The Morgan fingerprint density at radius 2 is 1.96 bits per heavy atom. The smallest absolute Gasteiger partial charge is 0.242 e. The molecule has 1 aromatic heterocycles. The van der Waals surface area contributed by atoms with Gasteiger partial charge in [-0.15, -0.1) is 5.10 Å². The van der Waals surface area contributed by atoms with Crippen molar-refractivity contribution in [2.24, 2.45) is 0 Å². The maximum atomic E-state index is 12.9.